The monoisotopic (exact) mass is 245 g/mol. The van der Waals surface area contributed by atoms with E-state index in [2.05, 4.69) is 31.0 Å². The van der Waals surface area contributed by atoms with Crippen molar-refractivity contribution in [1.82, 2.24) is 4.98 Å². The maximum absolute atomic E-state index is 5.83. The first-order valence-corrected chi connectivity index (χ1v) is 6.88. The summed E-state index contributed by atoms with van der Waals surface area (Å²) >= 11 is 1.89. The first kappa shape index (κ1) is 10.9. The van der Waals surface area contributed by atoms with Crippen LogP contribution in [0.2, 0.25) is 0 Å². The first-order valence-electron chi connectivity index (χ1n) is 6.00. The zero-order chi connectivity index (χ0) is 11.8. The minimum atomic E-state index is 0.696. The average molecular weight is 245 g/mol. The third-order valence-corrected chi connectivity index (χ3v) is 4.52. The highest BCUT2D eigenvalue weighted by Gasteiger charge is 2.21. The average Bonchev–Trinajstić information content (AvgIpc) is 2.93. The van der Waals surface area contributed by atoms with Gasteiger partial charge in [-0.1, -0.05) is 19.1 Å². The van der Waals surface area contributed by atoms with E-state index in [0.29, 0.717) is 5.25 Å². The molecule has 2 nitrogen and oxygen atoms in total. The van der Waals surface area contributed by atoms with Crippen molar-refractivity contribution in [3.8, 4) is 0 Å². The first-order chi connectivity index (χ1) is 8.26. The van der Waals surface area contributed by atoms with E-state index < -0.39 is 0 Å². The lowest BCUT2D eigenvalue weighted by Crippen LogP contribution is -1.91. The van der Waals surface area contributed by atoms with Crippen molar-refractivity contribution in [3.05, 3.63) is 35.7 Å². The van der Waals surface area contributed by atoms with E-state index in [0.717, 1.165) is 23.4 Å². The molecule has 0 radical (unpaired) electrons. The predicted octanol–water partition coefficient (Wildman–Crippen LogP) is 4.39. The minimum absolute atomic E-state index is 0.696. The Balaban J connectivity index is 1.96. The number of thioether (sulfide) groups is 1. The molecule has 1 aromatic carbocycles. The summed E-state index contributed by atoms with van der Waals surface area (Å²) in [6.45, 7) is 4.29. The van der Waals surface area contributed by atoms with Gasteiger partial charge in [-0.3, -0.25) is 0 Å². The number of benzene rings is 1. The maximum atomic E-state index is 5.83. The molecule has 0 amide bonds. The molecule has 1 atom stereocenters. The van der Waals surface area contributed by atoms with Crippen molar-refractivity contribution in [2.45, 2.75) is 31.9 Å². The lowest BCUT2D eigenvalue weighted by molar-refractivity contribution is 0.587. The SMILES string of the molecule is CCC1CC=C(c2nc3ccc(C)cc3o2)S1. The van der Waals surface area contributed by atoms with Crippen LogP contribution in [0.15, 0.2) is 28.7 Å². The summed E-state index contributed by atoms with van der Waals surface area (Å²) in [4.78, 5) is 5.75. The van der Waals surface area contributed by atoms with E-state index in [4.69, 9.17) is 4.42 Å². The number of fused-ring (bicyclic) bond motifs is 1. The van der Waals surface area contributed by atoms with Crippen LogP contribution >= 0.6 is 11.8 Å². The molecule has 2 aromatic rings. The number of nitrogens with zero attached hydrogens (tertiary/aromatic N) is 1. The molecule has 0 saturated heterocycles. The second-order valence-electron chi connectivity index (χ2n) is 4.44. The molecule has 1 aliphatic rings. The number of allylic oxidation sites excluding steroid dienone is 1. The number of hydrogen-bond donors (Lipinski definition) is 0. The molecule has 1 unspecified atom stereocenters. The van der Waals surface area contributed by atoms with Gasteiger partial charge in [-0.2, -0.15) is 0 Å². The van der Waals surface area contributed by atoms with Crippen LogP contribution in [-0.2, 0) is 0 Å². The second-order valence-corrected chi connectivity index (χ2v) is 5.78. The number of aryl methyl sites for hydroxylation is 1. The number of aromatic nitrogens is 1. The van der Waals surface area contributed by atoms with Crippen LogP contribution in [-0.4, -0.2) is 10.2 Å². The van der Waals surface area contributed by atoms with E-state index in [1.165, 1.54) is 16.9 Å². The summed E-state index contributed by atoms with van der Waals surface area (Å²) in [6, 6.07) is 6.14. The third kappa shape index (κ3) is 2.00. The van der Waals surface area contributed by atoms with Gasteiger partial charge >= 0.3 is 0 Å². The van der Waals surface area contributed by atoms with Crippen molar-refractivity contribution in [3.63, 3.8) is 0 Å². The number of rotatable bonds is 2. The molecule has 0 N–H and O–H groups in total. The van der Waals surface area contributed by atoms with Gasteiger partial charge in [-0.25, -0.2) is 4.98 Å². The van der Waals surface area contributed by atoms with Crippen LogP contribution < -0.4 is 0 Å². The molecule has 1 aromatic heterocycles. The highest BCUT2D eigenvalue weighted by atomic mass is 32.2. The number of oxazole rings is 1. The Labute approximate surface area is 105 Å². The summed E-state index contributed by atoms with van der Waals surface area (Å²) in [5.74, 6) is 0.784. The zero-order valence-corrected chi connectivity index (χ0v) is 10.9. The van der Waals surface area contributed by atoms with Gasteiger partial charge in [0, 0.05) is 5.25 Å². The van der Waals surface area contributed by atoms with Crippen molar-refractivity contribution in [2.75, 3.05) is 0 Å². The Bertz CT molecular complexity index is 585. The quantitative estimate of drug-likeness (QED) is 0.784. The van der Waals surface area contributed by atoms with Crippen molar-refractivity contribution in [2.24, 2.45) is 0 Å². The second kappa shape index (κ2) is 4.22. The van der Waals surface area contributed by atoms with Gasteiger partial charge in [0.2, 0.25) is 5.89 Å². The van der Waals surface area contributed by atoms with Crippen LogP contribution in [0.1, 0.15) is 31.2 Å². The highest BCUT2D eigenvalue weighted by molar-refractivity contribution is 8.09. The van der Waals surface area contributed by atoms with Crippen LogP contribution in [0.5, 0.6) is 0 Å². The predicted molar refractivity (Wildman–Crippen MR) is 73.0 cm³/mol. The molecular weight excluding hydrogens is 230 g/mol. The van der Waals surface area contributed by atoms with E-state index in [1.54, 1.807) is 0 Å². The lowest BCUT2D eigenvalue weighted by atomic mass is 10.2. The third-order valence-electron chi connectivity index (χ3n) is 3.07. The zero-order valence-electron chi connectivity index (χ0n) is 10.1. The van der Waals surface area contributed by atoms with Crippen molar-refractivity contribution >= 4 is 27.8 Å². The molecule has 0 aliphatic carbocycles. The molecule has 0 spiro atoms. The summed E-state index contributed by atoms with van der Waals surface area (Å²) in [6.07, 6.45) is 4.58. The van der Waals surface area contributed by atoms with E-state index in [1.807, 2.05) is 23.9 Å². The Morgan fingerprint density at radius 3 is 3.12 bits per heavy atom. The van der Waals surface area contributed by atoms with Crippen molar-refractivity contribution < 1.29 is 4.42 Å². The van der Waals surface area contributed by atoms with Gasteiger partial charge in [0.25, 0.3) is 0 Å². The van der Waals surface area contributed by atoms with E-state index in [9.17, 15) is 0 Å². The lowest BCUT2D eigenvalue weighted by Gasteiger charge is -2.03. The topological polar surface area (TPSA) is 26.0 Å². The summed E-state index contributed by atoms with van der Waals surface area (Å²) < 4.78 is 5.83. The molecule has 0 saturated carbocycles. The fourth-order valence-electron chi connectivity index (χ4n) is 2.04. The van der Waals surface area contributed by atoms with Gasteiger partial charge in [-0.05, 0) is 37.5 Å². The Kier molecular flexibility index (Phi) is 2.71. The van der Waals surface area contributed by atoms with Crippen LogP contribution in [0.4, 0.5) is 0 Å². The van der Waals surface area contributed by atoms with Crippen LogP contribution in [0.25, 0.3) is 16.0 Å². The molecule has 0 bridgehead atoms. The standard InChI is InChI=1S/C14H15NOS/c1-3-10-5-7-13(17-10)14-15-11-6-4-9(2)8-12(11)16-14/h4,6-8,10H,3,5H2,1-2H3. The molecule has 3 heteroatoms. The van der Waals surface area contributed by atoms with Gasteiger partial charge in [0.1, 0.15) is 5.52 Å². The van der Waals surface area contributed by atoms with E-state index >= 15 is 0 Å². The van der Waals surface area contributed by atoms with Crippen molar-refractivity contribution in [1.29, 1.82) is 0 Å². The van der Waals surface area contributed by atoms with Gasteiger partial charge in [-0.15, -0.1) is 11.8 Å². The molecule has 17 heavy (non-hydrogen) atoms. The van der Waals surface area contributed by atoms with Gasteiger partial charge in [0.05, 0.1) is 4.91 Å². The van der Waals surface area contributed by atoms with Gasteiger partial charge in [0.15, 0.2) is 5.58 Å². The molecular formula is C14H15NOS. The summed E-state index contributed by atoms with van der Waals surface area (Å²) in [5, 5.41) is 0.696. The molecule has 0 fully saturated rings. The highest BCUT2D eigenvalue weighted by Crippen LogP contribution is 2.40. The van der Waals surface area contributed by atoms with Crippen LogP contribution in [0, 0.1) is 6.92 Å². The normalized spacial score (nSPS) is 19.9. The van der Waals surface area contributed by atoms with Gasteiger partial charge < -0.3 is 4.42 Å². The Morgan fingerprint density at radius 1 is 1.47 bits per heavy atom. The minimum Gasteiger partial charge on any atom is -0.436 e. The fraction of sp³-hybridized carbons (Fsp3) is 0.357. The maximum Gasteiger partial charge on any atom is 0.233 e. The summed E-state index contributed by atoms with van der Waals surface area (Å²) in [5.41, 5.74) is 3.05. The smallest absolute Gasteiger partial charge is 0.233 e. The Morgan fingerprint density at radius 2 is 2.35 bits per heavy atom. The molecule has 2 heterocycles. The molecule has 88 valence electrons. The molecule has 1 aliphatic heterocycles. The Hall–Kier alpha value is -1.22. The number of hydrogen-bond acceptors (Lipinski definition) is 3. The van der Waals surface area contributed by atoms with Crippen LogP contribution in [0.3, 0.4) is 0 Å². The van der Waals surface area contributed by atoms with E-state index in [-0.39, 0.29) is 0 Å². The largest absolute Gasteiger partial charge is 0.436 e. The summed E-state index contributed by atoms with van der Waals surface area (Å²) in [7, 11) is 0. The molecule has 3 rings (SSSR count). The fourth-order valence-corrected chi connectivity index (χ4v) is 3.14.